The number of nitrogens with two attached hydrogens (primary N) is 1. The summed E-state index contributed by atoms with van der Waals surface area (Å²) < 4.78 is 18.3. The van der Waals surface area contributed by atoms with Crippen molar-refractivity contribution in [3.63, 3.8) is 0 Å². The first-order chi connectivity index (χ1) is 9.10. The highest BCUT2D eigenvalue weighted by Gasteiger charge is 2.12. The molecule has 1 unspecified atom stereocenters. The second-order valence-corrected chi connectivity index (χ2v) is 4.73. The fraction of sp³-hybridized carbons (Fsp3) is 0.200. The van der Waals surface area contributed by atoms with Gasteiger partial charge < -0.3 is 10.5 Å². The van der Waals surface area contributed by atoms with E-state index in [-0.39, 0.29) is 11.9 Å². The van der Waals surface area contributed by atoms with Gasteiger partial charge in [0.05, 0.1) is 7.11 Å². The van der Waals surface area contributed by atoms with Crippen molar-refractivity contribution in [1.29, 1.82) is 0 Å². The number of ether oxygens (including phenoxy) is 1. The second kappa shape index (κ2) is 6.04. The maximum atomic E-state index is 13.2. The zero-order valence-electron chi connectivity index (χ0n) is 10.6. The molecule has 4 heteroatoms. The van der Waals surface area contributed by atoms with Crippen LogP contribution in [0, 0.1) is 5.82 Å². The Morgan fingerprint density at radius 1 is 1.21 bits per heavy atom. The van der Waals surface area contributed by atoms with Crippen LogP contribution in [0.2, 0.25) is 5.02 Å². The van der Waals surface area contributed by atoms with Gasteiger partial charge in [0.1, 0.15) is 11.6 Å². The normalized spacial score (nSPS) is 12.2. The van der Waals surface area contributed by atoms with Crippen molar-refractivity contribution in [3.05, 3.63) is 64.4 Å². The van der Waals surface area contributed by atoms with E-state index in [4.69, 9.17) is 22.1 Å². The number of hydrogen-bond acceptors (Lipinski definition) is 2. The molecule has 0 saturated carbocycles. The van der Waals surface area contributed by atoms with E-state index in [1.165, 1.54) is 18.2 Å². The van der Waals surface area contributed by atoms with Crippen LogP contribution in [-0.2, 0) is 6.42 Å². The molecule has 0 heterocycles. The maximum Gasteiger partial charge on any atom is 0.123 e. The van der Waals surface area contributed by atoms with E-state index >= 15 is 0 Å². The van der Waals surface area contributed by atoms with Crippen molar-refractivity contribution in [2.45, 2.75) is 12.5 Å². The Bertz CT molecular complexity index is 557. The van der Waals surface area contributed by atoms with Crippen molar-refractivity contribution < 1.29 is 9.13 Å². The summed E-state index contributed by atoms with van der Waals surface area (Å²) in [5.74, 6) is 0.464. The molecule has 100 valence electrons. The van der Waals surface area contributed by atoms with E-state index in [1.807, 2.05) is 24.3 Å². The average Bonchev–Trinajstić information content (AvgIpc) is 2.42. The van der Waals surface area contributed by atoms with E-state index < -0.39 is 0 Å². The van der Waals surface area contributed by atoms with Gasteiger partial charge in [-0.15, -0.1) is 0 Å². The van der Waals surface area contributed by atoms with Crippen molar-refractivity contribution in [2.24, 2.45) is 5.73 Å². The monoisotopic (exact) mass is 279 g/mol. The van der Waals surface area contributed by atoms with Gasteiger partial charge in [0.2, 0.25) is 0 Å². The van der Waals surface area contributed by atoms with Gasteiger partial charge in [-0.3, -0.25) is 0 Å². The second-order valence-electron chi connectivity index (χ2n) is 4.32. The molecule has 0 amide bonds. The minimum absolute atomic E-state index is 0.329. The van der Waals surface area contributed by atoms with Crippen LogP contribution in [0.1, 0.15) is 17.2 Å². The summed E-state index contributed by atoms with van der Waals surface area (Å²) in [6, 6.07) is 11.5. The molecule has 0 spiro atoms. The van der Waals surface area contributed by atoms with E-state index in [2.05, 4.69) is 0 Å². The van der Waals surface area contributed by atoms with Crippen LogP contribution >= 0.6 is 11.6 Å². The van der Waals surface area contributed by atoms with Gasteiger partial charge in [-0.05, 0) is 47.9 Å². The fourth-order valence-electron chi connectivity index (χ4n) is 1.92. The SMILES string of the molecule is COc1ccc(CC(N)c2cc(F)ccc2Cl)cc1. The van der Waals surface area contributed by atoms with Gasteiger partial charge in [-0.1, -0.05) is 23.7 Å². The summed E-state index contributed by atoms with van der Waals surface area (Å²) in [5, 5.41) is 0.488. The lowest BCUT2D eigenvalue weighted by Crippen LogP contribution is -2.14. The molecular weight excluding hydrogens is 265 g/mol. The third kappa shape index (κ3) is 3.46. The van der Waals surface area contributed by atoms with Crippen LogP contribution in [0.3, 0.4) is 0 Å². The Balaban J connectivity index is 2.15. The number of methoxy groups -OCH3 is 1. The number of rotatable bonds is 4. The van der Waals surface area contributed by atoms with Gasteiger partial charge in [0.25, 0.3) is 0 Å². The molecule has 2 rings (SSSR count). The topological polar surface area (TPSA) is 35.2 Å². The highest BCUT2D eigenvalue weighted by Crippen LogP contribution is 2.25. The molecule has 0 aliphatic rings. The van der Waals surface area contributed by atoms with Crippen LogP contribution in [0.15, 0.2) is 42.5 Å². The molecule has 2 N–H and O–H groups in total. The highest BCUT2D eigenvalue weighted by molar-refractivity contribution is 6.31. The van der Waals surface area contributed by atoms with Crippen molar-refractivity contribution in [3.8, 4) is 5.75 Å². The van der Waals surface area contributed by atoms with Gasteiger partial charge >= 0.3 is 0 Å². The molecule has 2 aromatic rings. The maximum absolute atomic E-state index is 13.2. The Morgan fingerprint density at radius 3 is 2.53 bits per heavy atom. The van der Waals surface area contributed by atoms with Crippen LogP contribution < -0.4 is 10.5 Å². The third-order valence-corrected chi connectivity index (χ3v) is 3.32. The van der Waals surface area contributed by atoms with E-state index in [9.17, 15) is 4.39 Å². The first-order valence-electron chi connectivity index (χ1n) is 5.93. The average molecular weight is 280 g/mol. The number of benzene rings is 2. The minimum Gasteiger partial charge on any atom is -0.497 e. The summed E-state index contributed by atoms with van der Waals surface area (Å²) in [4.78, 5) is 0. The predicted molar refractivity (Wildman–Crippen MR) is 75.0 cm³/mol. The Kier molecular flexibility index (Phi) is 4.40. The summed E-state index contributed by atoms with van der Waals surface area (Å²) >= 11 is 6.04. The largest absolute Gasteiger partial charge is 0.497 e. The van der Waals surface area contributed by atoms with Crippen LogP contribution in [-0.4, -0.2) is 7.11 Å². The molecule has 2 nitrogen and oxygen atoms in total. The van der Waals surface area contributed by atoms with Crippen molar-refractivity contribution in [1.82, 2.24) is 0 Å². The van der Waals surface area contributed by atoms with E-state index in [0.29, 0.717) is 17.0 Å². The zero-order valence-corrected chi connectivity index (χ0v) is 11.3. The fourth-order valence-corrected chi connectivity index (χ4v) is 2.18. The lowest BCUT2D eigenvalue weighted by atomic mass is 9.99. The Hall–Kier alpha value is -1.58. The zero-order chi connectivity index (χ0) is 13.8. The first-order valence-corrected chi connectivity index (χ1v) is 6.31. The Labute approximate surface area is 117 Å². The molecule has 0 aliphatic carbocycles. The molecular formula is C15H15ClFNO. The van der Waals surface area contributed by atoms with Crippen molar-refractivity contribution >= 4 is 11.6 Å². The van der Waals surface area contributed by atoms with Crippen LogP contribution in [0.4, 0.5) is 4.39 Å². The lowest BCUT2D eigenvalue weighted by molar-refractivity contribution is 0.414. The molecule has 0 aliphatic heterocycles. The molecule has 0 radical (unpaired) electrons. The van der Waals surface area contributed by atoms with Gasteiger partial charge in [0.15, 0.2) is 0 Å². The van der Waals surface area contributed by atoms with E-state index in [0.717, 1.165) is 11.3 Å². The minimum atomic E-state index is -0.336. The summed E-state index contributed by atoms with van der Waals surface area (Å²) in [6.07, 6.45) is 0.590. The quantitative estimate of drug-likeness (QED) is 0.925. The number of hydrogen-bond donors (Lipinski definition) is 1. The van der Waals surface area contributed by atoms with E-state index in [1.54, 1.807) is 7.11 Å². The molecule has 19 heavy (non-hydrogen) atoms. The summed E-state index contributed by atoms with van der Waals surface area (Å²) in [7, 11) is 1.62. The van der Waals surface area contributed by atoms with Crippen molar-refractivity contribution in [2.75, 3.05) is 7.11 Å². The molecule has 0 bridgehead atoms. The van der Waals surface area contributed by atoms with Crippen LogP contribution in [0.5, 0.6) is 5.75 Å². The highest BCUT2D eigenvalue weighted by atomic mass is 35.5. The summed E-state index contributed by atoms with van der Waals surface area (Å²) in [5.41, 5.74) is 7.76. The van der Waals surface area contributed by atoms with Gasteiger partial charge in [-0.2, -0.15) is 0 Å². The van der Waals surface area contributed by atoms with Gasteiger partial charge in [0, 0.05) is 11.1 Å². The smallest absolute Gasteiger partial charge is 0.123 e. The molecule has 2 aromatic carbocycles. The first kappa shape index (κ1) is 13.8. The number of halogens is 2. The molecule has 0 saturated heterocycles. The molecule has 1 atom stereocenters. The molecule has 0 aromatic heterocycles. The molecule has 0 fully saturated rings. The van der Waals surface area contributed by atoms with Crippen LogP contribution in [0.25, 0.3) is 0 Å². The standard InChI is InChI=1S/C15H15ClFNO/c1-19-12-5-2-10(3-6-12)8-15(18)13-9-11(17)4-7-14(13)16/h2-7,9,15H,8,18H2,1H3. The lowest BCUT2D eigenvalue weighted by Gasteiger charge is -2.14. The third-order valence-electron chi connectivity index (χ3n) is 2.97. The predicted octanol–water partition coefficient (Wildman–Crippen LogP) is 3.73. The summed E-state index contributed by atoms with van der Waals surface area (Å²) in [6.45, 7) is 0. The van der Waals surface area contributed by atoms with Gasteiger partial charge in [-0.25, -0.2) is 4.39 Å². The Morgan fingerprint density at radius 2 is 1.89 bits per heavy atom.